The minimum Gasteiger partial charge on any atom is -0.478 e. The number of carbonyl (C=O) groups is 12. The number of hydrogen-bond acceptors (Lipinski definition) is 24. The molecule has 0 bridgehead atoms. The molecule has 0 aliphatic carbocycles. The molecule has 0 atom stereocenters. The monoisotopic (exact) mass is 2050 g/mol. The van der Waals surface area contributed by atoms with Crippen LogP contribution in [0, 0.1) is 91.3 Å². The molecule has 0 unspecified atom stereocenters. The summed E-state index contributed by atoms with van der Waals surface area (Å²) in [5, 5.41) is 68.3. The predicted octanol–water partition coefficient (Wildman–Crippen LogP) is 20.3. The Morgan fingerprint density at radius 3 is 0.789 bits per heavy atom. The molecule has 748 valence electrons. The van der Waals surface area contributed by atoms with Crippen molar-refractivity contribution >= 4 is 87.3 Å². The lowest BCUT2D eigenvalue weighted by Gasteiger charge is -2.17. The minimum atomic E-state index is -4.54. The number of aryl methyl sites for hydroxylation is 5. The number of carbonyl (C=O) groups excluding carboxylic acids is 10. The Morgan fingerprint density at radius 1 is 0.327 bits per heavy atom. The molecule has 147 heavy (non-hydrogen) atoms. The molecule has 11 aromatic carbocycles. The summed E-state index contributed by atoms with van der Waals surface area (Å²) in [7, 11) is 7.62. The lowest BCUT2D eigenvalue weighted by molar-refractivity contribution is -0.141. The summed E-state index contributed by atoms with van der Waals surface area (Å²) in [5.41, 5.74) is 15.1. The third-order valence-electron chi connectivity index (χ3n) is 23.4. The van der Waals surface area contributed by atoms with E-state index in [0.29, 0.717) is 153 Å². The standard InChI is InChI=1S/C27H23F3N4O2.C21H20N2O3.C20H18N2O3.C18H15NO4.C17H13NO4.C10H9BrO4/c1-17-4-6-23(22(10-17)14-31)19-11-20(13-21(12-19)26(36)34-8-2-3-9-34)25(35)33-16-18-5-7-24(32-15-18)27(28,29)30;1-14-5-6-19(18(9-14)13-22)15-10-16(12-17(11-15)21(25)26-2)20(24)23-7-3-4-8-23;1-13-4-5-18(17(8-13)12-21)14-9-15(11-16(10-14)20(24)25)19(23)22-6-2-3-7-22;1-11-4-5-16(15(6-11)10-19)12-7-13(17(20)22-2)9-14(8-12)18(21)23-3;1-10-3-4-15(14(5-10)9-18)11-6-12(16(19)20)8-13(7-11)17(21)22-2;1-14-9(12)6-3-7(10(13)15-2)5-8(11)4-6/h4-7,10-13,15H,2-3,8-9,16H2,1H3,(H,33,35);5-6,9-12H,3-4,7-8H2,1-2H3;4-5,8-11H,2-3,6-7H2,1H3,(H,24,25);4-9H,1-3H3;3-8H,1-2H3,(H,19,20);3-5H,1-2H3. The second-order valence-corrected chi connectivity index (χ2v) is 34.7. The number of halogens is 4. The molecule has 0 spiro atoms. The molecular formula is C113H98BrF3N10O20. The summed E-state index contributed by atoms with van der Waals surface area (Å²) in [6.45, 7) is 13.5. The van der Waals surface area contributed by atoms with Crippen LogP contribution in [-0.4, -0.2) is 183 Å². The fourth-order valence-corrected chi connectivity index (χ4v) is 16.5. The van der Waals surface area contributed by atoms with Gasteiger partial charge in [-0.15, -0.1) is 0 Å². The molecule has 0 saturated carbocycles. The highest BCUT2D eigenvalue weighted by molar-refractivity contribution is 9.10. The van der Waals surface area contributed by atoms with Crippen molar-refractivity contribution in [3.05, 3.63) is 357 Å². The number of pyridine rings is 1. The van der Waals surface area contributed by atoms with E-state index >= 15 is 0 Å². The highest BCUT2D eigenvalue weighted by Gasteiger charge is 2.33. The normalized spacial score (nSPS) is 11.9. The number of rotatable bonds is 19. The quantitative estimate of drug-likeness (QED) is 0.0500. The number of nitrogens with one attached hydrogen (secondary N) is 1. The van der Waals surface area contributed by atoms with Crippen molar-refractivity contribution < 1.29 is 109 Å². The van der Waals surface area contributed by atoms with Crippen LogP contribution in [0.3, 0.4) is 0 Å². The van der Waals surface area contributed by atoms with E-state index in [2.05, 4.69) is 70.8 Å². The molecule has 12 aromatic rings. The first kappa shape index (κ1) is 111. The number of aromatic nitrogens is 1. The first-order valence-electron chi connectivity index (χ1n) is 45.5. The van der Waals surface area contributed by atoms with Crippen LogP contribution in [0.2, 0.25) is 0 Å². The third-order valence-corrected chi connectivity index (χ3v) is 23.8. The van der Waals surface area contributed by atoms with E-state index < -0.39 is 65.5 Å². The van der Waals surface area contributed by atoms with Gasteiger partial charge in [-0.1, -0.05) is 82.7 Å². The van der Waals surface area contributed by atoms with Crippen LogP contribution in [0.15, 0.2) is 223 Å². The van der Waals surface area contributed by atoms with Gasteiger partial charge in [0.2, 0.25) is 0 Å². The molecular weight excluding hydrogens is 1950 g/mol. The molecule has 3 fully saturated rings. The first-order chi connectivity index (χ1) is 70.2. The summed E-state index contributed by atoms with van der Waals surface area (Å²) >= 11 is 3.19. The first-order valence-corrected chi connectivity index (χ1v) is 46.3. The van der Waals surface area contributed by atoms with Gasteiger partial charge in [0.25, 0.3) is 23.6 Å². The SMILES string of the molecule is COC(=O)c1cc(Br)cc(C(=O)OC)c1.COC(=O)c1cc(C(=O)N2CCCC2)cc(-c2ccc(C)cc2C#N)c1.COC(=O)c1cc(C(=O)O)cc(-c2ccc(C)cc2C#N)c1.COC(=O)c1cc(C(=O)OC)cc(-c2ccc(C)cc2C#N)c1.Cc1ccc(-c2cc(C(=O)NCc3ccc(C(F)(F)F)nc3)cc(C(=O)N3CCCC3)c2)c(C#N)c1.Cc1ccc(-c2cc(C(=O)O)cc(C(=O)N3CCCC3)c2)c(C#N)c1. The average Bonchev–Trinajstić information content (AvgIpc) is 1.80. The van der Waals surface area contributed by atoms with E-state index in [1.165, 1.54) is 97.3 Å². The number of hydrogen-bond donors (Lipinski definition) is 3. The van der Waals surface area contributed by atoms with Crippen LogP contribution in [-0.2, 0) is 41.1 Å². The Kier molecular flexibility index (Phi) is 38.9. The fourth-order valence-electron chi connectivity index (χ4n) is 16.0. The number of ether oxygens (including phenoxy) is 6. The largest absolute Gasteiger partial charge is 0.478 e. The lowest BCUT2D eigenvalue weighted by Crippen LogP contribution is -2.28. The van der Waals surface area contributed by atoms with Crippen molar-refractivity contribution in [1.82, 2.24) is 25.0 Å². The molecule has 15 rings (SSSR count). The maximum Gasteiger partial charge on any atom is 0.433 e. The molecule has 4 amide bonds. The van der Waals surface area contributed by atoms with E-state index in [1.54, 1.807) is 130 Å². The molecule has 3 saturated heterocycles. The maximum atomic E-state index is 13.1. The van der Waals surface area contributed by atoms with Crippen LogP contribution in [0.1, 0.15) is 230 Å². The summed E-state index contributed by atoms with van der Waals surface area (Å²) in [6.07, 6.45) is 2.26. The Morgan fingerprint density at radius 2 is 0.551 bits per heavy atom. The Hall–Kier alpha value is -18.1. The number of likely N-dealkylation sites (tertiary alicyclic amines) is 3. The van der Waals surface area contributed by atoms with Gasteiger partial charge in [0.1, 0.15) is 5.69 Å². The van der Waals surface area contributed by atoms with Gasteiger partial charge in [-0.2, -0.15) is 39.5 Å². The fraction of sp³-hybridized carbons (Fsp3) is 0.221. The van der Waals surface area contributed by atoms with Crippen molar-refractivity contribution in [1.29, 1.82) is 26.3 Å². The number of nitrogens with zero attached hydrogens (tertiary/aromatic N) is 9. The van der Waals surface area contributed by atoms with Crippen LogP contribution >= 0.6 is 15.9 Å². The molecule has 30 nitrogen and oxygen atoms in total. The molecule has 3 N–H and O–H groups in total. The highest BCUT2D eigenvalue weighted by atomic mass is 79.9. The van der Waals surface area contributed by atoms with Crippen LogP contribution < -0.4 is 5.32 Å². The third kappa shape index (κ3) is 29.3. The van der Waals surface area contributed by atoms with E-state index in [1.807, 2.05) is 71.0 Å². The maximum absolute atomic E-state index is 13.1. The molecule has 3 aliphatic rings. The number of carboxylic acids is 2. The van der Waals surface area contributed by atoms with Gasteiger partial charge in [0.05, 0.1) is 145 Å². The van der Waals surface area contributed by atoms with Gasteiger partial charge in [-0.25, -0.2) is 38.4 Å². The smallest absolute Gasteiger partial charge is 0.433 e. The second kappa shape index (κ2) is 51.6. The lowest BCUT2D eigenvalue weighted by atomic mass is 9.94. The minimum absolute atomic E-state index is 0.0395. The van der Waals surface area contributed by atoms with Gasteiger partial charge < -0.3 is 58.7 Å². The average molecular weight is 2050 g/mol. The molecule has 1 aromatic heterocycles. The van der Waals surface area contributed by atoms with Gasteiger partial charge in [-0.05, 0) is 308 Å². The molecule has 3 aliphatic heterocycles. The summed E-state index contributed by atoms with van der Waals surface area (Å²) in [5.74, 6) is -6.47. The number of amides is 4. The Bertz CT molecular complexity index is 7290. The van der Waals surface area contributed by atoms with Crippen molar-refractivity contribution in [2.24, 2.45) is 0 Å². The zero-order valence-corrected chi connectivity index (χ0v) is 83.3. The van der Waals surface area contributed by atoms with E-state index in [0.717, 1.165) is 91.7 Å². The van der Waals surface area contributed by atoms with E-state index in [9.17, 15) is 107 Å². The van der Waals surface area contributed by atoms with Crippen LogP contribution in [0.4, 0.5) is 13.2 Å². The topological polar surface area (TPSA) is 454 Å². The summed E-state index contributed by atoms with van der Waals surface area (Å²) < 4.78 is 66.8. The van der Waals surface area contributed by atoms with Crippen molar-refractivity contribution in [3.63, 3.8) is 0 Å². The van der Waals surface area contributed by atoms with Crippen LogP contribution in [0.5, 0.6) is 0 Å². The second-order valence-electron chi connectivity index (χ2n) is 33.8. The Balaban J connectivity index is 0.000000184. The van der Waals surface area contributed by atoms with Crippen molar-refractivity contribution in [2.45, 2.75) is 85.9 Å². The number of esters is 6. The number of benzene rings is 11. The zero-order chi connectivity index (χ0) is 107. The number of alkyl halides is 3. The predicted molar refractivity (Wildman–Crippen MR) is 539 cm³/mol. The molecule has 34 heteroatoms. The molecule has 4 heterocycles. The zero-order valence-electron chi connectivity index (χ0n) is 81.8. The Labute approximate surface area is 853 Å². The van der Waals surface area contributed by atoms with Crippen LogP contribution in [0.25, 0.3) is 55.6 Å². The summed E-state index contributed by atoms with van der Waals surface area (Å²) in [4.78, 5) is 153. The van der Waals surface area contributed by atoms with Gasteiger partial charge in [-0.3, -0.25) is 24.2 Å². The van der Waals surface area contributed by atoms with E-state index in [4.69, 9.17) is 14.2 Å². The highest BCUT2D eigenvalue weighted by Crippen LogP contribution is 2.36. The number of methoxy groups -OCH3 is 6. The van der Waals surface area contributed by atoms with E-state index in [-0.39, 0.29) is 57.6 Å². The van der Waals surface area contributed by atoms with Gasteiger partial charge in [0.15, 0.2) is 0 Å². The number of aromatic carboxylic acids is 2. The van der Waals surface area contributed by atoms with Crippen molar-refractivity contribution in [2.75, 3.05) is 81.9 Å². The number of carboxylic acid groups (broad SMARTS) is 2. The molecule has 0 radical (unpaired) electrons. The number of nitriles is 5. The van der Waals surface area contributed by atoms with Gasteiger partial charge in [0, 0.05) is 78.7 Å². The van der Waals surface area contributed by atoms with Gasteiger partial charge >= 0.3 is 53.9 Å². The summed E-state index contributed by atoms with van der Waals surface area (Å²) in [6, 6.07) is 67.5. The van der Waals surface area contributed by atoms with Crippen molar-refractivity contribution in [3.8, 4) is 86.0 Å².